The Kier molecular flexibility index (Phi) is 4.80. The highest BCUT2D eigenvalue weighted by molar-refractivity contribution is 5.54. The lowest BCUT2D eigenvalue weighted by atomic mass is 9.96. The van der Waals surface area contributed by atoms with Crippen molar-refractivity contribution >= 4 is 5.69 Å². The summed E-state index contributed by atoms with van der Waals surface area (Å²) in [5.74, 6) is 0.568. The predicted octanol–water partition coefficient (Wildman–Crippen LogP) is 4.14. The van der Waals surface area contributed by atoms with Crippen LogP contribution < -0.4 is 5.32 Å². The molecule has 0 amide bonds. The molecule has 0 aromatic heterocycles. The third-order valence-corrected chi connectivity index (χ3v) is 3.44. The van der Waals surface area contributed by atoms with Crippen LogP contribution in [0.5, 0.6) is 0 Å². The van der Waals surface area contributed by atoms with Crippen LogP contribution >= 0.6 is 0 Å². The normalized spacial score (nSPS) is 12.4. The zero-order valence-corrected chi connectivity index (χ0v) is 12.4. The van der Waals surface area contributed by atoms with Gasteiger partial charge in [0.2, 0.25) is 0 Å². The number of hydrogen-bond donors (Lipinski definition) is 2. The number of aliphatic hydroxyl groups is 1. The fraction of sp³-hybridized carbons (Fsp3) is 0.333. The minimum absolute atomic E-state index is 0.568. The third-order valence-electron chi connectivity index (χ3n) is 3.44. The largest absolute Gasteiger partial charge is 0.384 e. The second-order valence-corrected chi connectivity index (χ2v) is 5.62. The van der Waals surface area contributed by atoms with Gasteiger partial charge in [0.1, 0.15) is 6.10 Å². The van der Waals surface area contributed by atoms with Crippen LogP contribution in [0.4, 0.5) is 5.69 Å². The Morgan fingerprint density at radius 3 is 2.20 bits per heavy atom. The first-order valence-electron chi connectivity index (χ1n) is 7.16. The van der Waals surface area contributed by atoms with Crippen LogP contribution in [-0.2, 0) is 0 Å². The lowest BCUT2D eigenvalue weighted by Gasteiger charge is -2.19. The van der Waals surface area contributed by atoms with Crippen LogP contribution in [0.2, 0.25) is 0 Å². The molecule has 0 spiro atoms. The lowest BCUT2D eigenvalue weighted by molar-refractivity contribution is 0.220. The molecule has 0 saturated carbocycles. The highest BCUT2D eigenvalue weighted by Crippen LogP contribution is 2.30. The first-order chi connectivity index (χ1) is 9.59. The maximum atomic E-state index is 10.7. The van der Waals surface area contributed by atoms with Crippen LogP contribution in [0, 0.1) is 12.8 Å². The Labute approximate surface area is 121 Å². The Morgan fingerprint density at radius 1 is 0.950 bits per heavy atom. The van der Waals surface area contributed by atoms with Crippen molar-refractivity contribution in [2.24, 2.45) is 5.92 Å². The molecule has 0 fully saturated rings. The summed E-state index contributed by atoms with van der Waals surface area (Å²) in [5.41, 5.74) is 4.02. The van der Waals surface area contributed by atoms with Crippen LogP contribution in [0.25, 0.3) is 0 Å². The standard InChI is InChI=1S/C18H23NO/c1-13(2)12-19-17-11-7-6-10-16(17)18(20)15-9-5-4-8-14(15)3/h4-11,13,18-20H,12H2,1-3H3. The van der Waals surface area contributed by atoms with Crippen LogP contribution in [0.3, 0.4) is 0 Å². The van der Waals surface area contributed by atoms with Crippen molar-refractivity contribution in [1.29, 1.82) is 0 Å². The molecule has 2 rings (SSSR count). The molecular formula is C18H23NO. The minimum Gasteiger partial charge on any atom is -0.384 e. The quantitative estimate of drug-likeness (QED) is 0.855. The lowest BCUT2D eigenvalue weighted by Crippen LogP contribution is -2.12. The van der Waals surface area contributed by atoms with Gasteiger partial charge in [0, 0.05) is 17.8 Å². The van der Waals surface area contributed by atoms with Crippen LogP contribution in [0.1, 0.15) is 36.6 Å². The molecule has 0 radical (unpaired) electrons. The summed E-state index contributed by atoms with van der Waals surface area (Å²) in [6, 6.07) is 16.0. The van der Waals surface area contributed by atoms with Gasteiger partial charge in [0.25, 0.3) is 0 Å². The van der Waals surface area contributed by atoms with Crippen molar-refractivity contribution in [3.05, 3.63) is 65.2 Å². The molecule has 2 aromatic rings. The van der Waals surface area contributed by atoms with Gasteiger partial charge in [-0.2, -0.15) is 0 Å². The SMILES string of the molecule is Cc1ccccc1C(O)c1ccccc1NCC(C)C. The number of hydrogen-bond acceptors (Lipinski definition) is 2. The summed E-state index contributed by atoms with van der Waals surface area (Å²) in [6.45, 7) is 7.28. The molecule has 1 atom stereocenters. The fourth-order valence-electron chi connectivity index (χ4n) is 2.27. The molecule has 0 heterocycles. The van der Waals surface area contributed by atoms with Crippen molar-refractivity contribution in [1.82, 2.24) is 0 Å². The van der Waals surface area contributed by atoms with Gasteiger partial charge in [-0.05, 0) is 30.0 Å². The van der Waals surface area contributed by atoms with E-state index >= 15 is 0 Å². The van der Waals surface area contributed by atoms with Crippen molar-refractivity contribution in [2.45, 2.75) is 26.9 Å². The molecule has 2 N–H and O–H groups in total. The highest BCUT2D eigenvalue weighted by atomic mass is 16.3. The van der Waals surface area contributed by atoms with E-state index in [1.165, 1.54) is 0 Å². The van der Waals surface area contributed by atoms with Gasteiger partial charge in [-0.1, -0.05) is 56.3 Å². The maximum absolute atomic E-state index is 10.7. The molecule has 2 nitrogen and oxygen atoms in total. The molecule has 2 aromatic carbocycles. The molecule has 106 valence electrons. The van der Waals surface area contributed by atoms with Gasteiger partial charge in [-0.3, -0.25) is 0 Å². The van der Waals surface area contributed by atoms with E-state index < -0.39 is 6.10 Å². The molecule has 2 heteroatoms. The number of anilines is 1. The Balaban J connectivity index is 2.30. The Hall–Kier alpha value is -1.80. The van der Waals surface area contributed by atoms with E-state index in [2.05, 4.69) is 19.2 Å². The first kappa shape index (κ1) is 14.6. The number of para-hydroxylation sites is 1. The van der Waals surface area contributed by atoms with E-state index in [0.29, 0.717) is 5.92 Å². The van der Waals surface area contributed by atoms with E-state index in [0.717, 1.165) is 28.9 Å². The molecule has 0 aliphatic carbocycles. The first-order valence-corrected chi connectivity index (χ1v) is 7.16. The zero-order valence-electron chi connectivity index (χ0n) is 12.4. The fourth-order valence-corrected chi connectivity index (χ4v) is 2.27. The second kappa shape index (κ2) is 6.58. The molecule has 20 heavy (non-hydrogen) atoms. The van der Waals surface area contributed by atoms with Crippen molar-refractivity contribution < 1.29 is 5.11 Å². The number of benzene rings is 2. The average molecular weight is 269 g/mol. The molecule has 0 aliphatic heterocycles. The van der Waals surface area contributed by atoms with E-state index in [9.17, 15) is 5.11 Å². The van der Waals surface area contributed by atoms with Gasteiger partial charge < -0.3 is 10.4 Å². The van der Waals surface area contributed by atoms with E-state index in [1.807, 2.05) is 55.5 Å². The van der Waals surface area contributed by atoms with Gasteiger partial charge >= 0.3 is 0 Å². The van der Waals surface area contributed by atoms with Gasteiger partial charge in [-0.15, -0.1) is 0 Å². The minimum atomic E-state index is -0.591. The van der Waals surface area contributed by atoms with Crippen molar-refractivity contribution in [2.75, 3.05) is 11.9 Å². The Morgan fingerprint density at radius 2 is 1.55 bits per heavy atom. The average Bonchev–Trinajstić information content (AvgIpc) is 2.45. The van der Waals surface area contributed by atoms with Gasteiger partial charge in [-0.25, -0.2) is 0 Å². The monoisotopic (exact) mass is 269 g/mol. The molecule has 0 bridgehead atoms. The van der Waals surface area contributed by atoms with Crippen LogP contribution in [0.15, 0.2) is 48.5 Å². The Bertz CT molecular complexity index is 563. The van der Waals surface area contributed by atoms with E-state index in [1.54, 1.807) is 0 Å². The summed E-state index contributed by atoms with van der Waals surface area (Å²) in [4.78, 5) is 0. The molecular weight excluding hydrogens is 246 g/mol. The van der Waals surface area contributed by atoms with Gasteiger partial charge in [0.05, 0.1) is 0 Å². The molecule has 1 unspecified atom stereocenters. The number of aryl methyl sites for hydroxylation is 1. The van der Waals surface area contributed by atoms with Gasteiger partial charge in [0.15, 0.2) is 0 Å². The summed E-state index contributed by atoms with van der Waals surface area (Å²) in [7, 11) is 0. The smallest absolute Gasteiger partial charge is 0.106 e. The van der Waals surface area contributed by atoms with Crippen LogP contribution in [-0.4, -0.2) is 11.7 Å². The van der Waals surface area contributed by atoms with Crippen molar-refractivity contribution in [3.63, 3.8) is 0 Å². The highest BCUT2D eigenvalue weighted by Gasteiger charge is 2.15. The summed E-state index contributed by atoms with van der Waals surface area (Å²) in [6.07, 6.45) is -0.591. The number of aliphatic hydroxyl groups excluding tert-OH is 1. The number of rotatable bonds is 5. The van der Waals surface area contributed by atoms with E-state index in [-0.39, 0.29) is 0 Å². The maximum Gasteiger partial charge on any atom is 0.106 e. The summed E-state index contributed by atoms with van der Waals surface area (Å²) < 4.78 is 0. The third kappa shape index (κ3) is 3.40. The van der Waals surface area contributed by atoms with Crippen molar-refractivity contribution in [3.8, 4) is 0 Å². The predicted molar refractivity (Wildman–Crippen MR) is 85.0 cm³/mol. The molecule has 0 aliphatic rings. The van der Waals surface area contributed by atoms with E-state index in [4.69, 9.17) is 0 Å². The zero-order chi connectivity index (χ0) is 14.5. The molecule has 0 saturated heterocycles. The number of nitrogens with one attached hydrogen (secondary N) is 1. The summed E-state index contributed by atoms with van der Waals surface area (Å²) in [5, 5.41) is 14.1. The second-order valence-electron chi connectivity index (χ2n) is 5.62. The topological polar surface area (TPSA) is 32.3 Å². The summed E-state index contributed by atoms with van der Waals surface area (Å²) >= 11 is 0.